The Morgan fingerprint density at radius 1 is 1.30 bits per heavy atom. The minimum Gasteiger partial charge on any atom is -0.508 e. The molecular weight excluding hydrogens is 264 g/mol. The summed E-state index contributed by atoms with van der Waals surface area (Å²) in [5, 5.41) is 29.4. The van der Waals surface area contributed by atoms with Gasteiger partial charge < -0.3 is 26.4 Å². The number of aliphatic carboxylic acids is 1. The standard InChI is InChI=1S/C13H18N2O5/c1-7(16)11(13(19)20)15-12(18)10(14)6-8-2-4-9(17)5-3-8/h2-5,7,10-11,16-17H,6,14H2,1H3,(H,15,18)(H,19,20)/t7?,10-,11?/m0/s1. The van der Waals surface area contributed by atoms with E-state index in [1.807, 2.05) is 0 Å². The van der Waals surface area contributed by atoms with Crippen molar-refractivity contribution in [2.24, 2.45) is 5.73 Å². The summed E-state index contributed by atoms with van der Waals surface area (Å²) in [6.45, 7) is 1.27. The number of carboxylic acid groups (broad SMARTS) is 1. The van der Waals surface area contributed by atoms with Crippen molar-refractivity contribution in [2.45, 2.75) is 31.5 Å². The molecule has 1 rings (SSSR count). The molecule has 0 saturated carbocycles. The number of phenols is 1. The minimum absolute atomic E-state index is 0.104. The molecule has 0 saturated heterocycles. The molecule has 0 aromatic heterocycles. The Morgan fingerprint density at radius 2 is 1.85 bits per heavy atom. The van der Waals surface area contributed by atoms with Crippen molar-refractivity contribution in [2.75, 3.05) is 0 Å². The molecule has 0 bridgehead atoms. The highest BCUT2D eigenvalue weighted by atomic mass is 16.4. The highest BCUT2D eigenvalue weighted by molar-refractivity contribution is 5.87. The molecule has 0 heterocycles. The lowest BCUT2D eigenvalue weighted by Gasteiger charge is -2.19. The smallest absolute Gasteiger partial charge is 0.328 e. The Hall–Kier alpha value is -2.12. The van der Waals surface area contributed by atoms with Crippen LogP contribution in [0.25, 0.3) is 0 Å². The maximum atomic E-state index is 11.8. The number of rotatable bonds is 6. The first-order chi connectivity index (χ1) is 9.31. The number of aliphatic hydroxyl groups excluding tert-OH is 1. The fraction of sp³-hybridized carbons (Fsp3) is 0.385. The number of carbonyl (C=O) groups is 2. The third-order valence-corrected chi connectivity index (χ3v) is 2.77. The number of hydrogen-bond acceptors (Lipinski definition) is 5. The van der Waals surface area contributed by atoms with Crippen LogP contribution in [-0.4, -0.2) is 45.4 Å². The van der Waals surface area contributed by atoms with Crippen LogP contribution in [0.2, 0.25) is 0 Å². The molecule has 7 heteroatoms. The molecule has 1 aromatic carbocycles. The number of nitrogens with two attached hydrogens (primary N) is 1. The van der Waals surface area contributed by atoms with Crippen LogP contribution in [0.3, 0.4) is 0 Å². The fourth-order valence-electron chi connectivity index (χ4n) is 1.63. The summed E-state index contributed by atoms with van der Waals surface area (Å²) in [4.78, 5) is 22.6. The fourth-order valence-corrected chi connectivity index (χ4v) is 1.63. The van der Waals surface area contributed by atoms with E-state index in [-0.39, 0.29) is 12.2 Å². The van der Waals surface area contributed by atoms with Crippen molar-refractivity contribution in [1.82, 2.24) is 5.32 Å². The van der Waals surface area contributed by atoms with Crippen molar-refractivity contribution in [3.63, 3.8) is 0 Å². The van der Waals surface area contributed by atoms with Gasteiger partial charge >= 0.3 is 5.97 Å². The van der Waals surface area contributed by atoms with Gasteiger partial charge in [0.2, 0.25) is 5.91 Å². The first-order valence-corrected chi connectivity index (χ1v) is 6.06. The van der Waals surface area contributed by atoms with E-state index in [0.29, 0.717) is 0 Å². The Balaban J connectivity index is 2.62. The van der Waals surface area contributed by atoms with Crippen LogP contribution in [0.1, 0.15) is 12.5 Å². The van der Waals surface area contributed by atoms with Crippen LogP contribution in [0.4, 0.5) is 0 Å². The van der Waals surface area contributed by atoms with E-state index in [2.05, 4.69) is 5.32 Å². The quantitative estimate of drug-likeness (QED) is 0.464. The van der Waals surface area contributed by atoms with Gasteiger partial charge in [0.05, 0.1) is 12.1 Å². The summed E-state index contributed by atoms with van der Waals surface area (Å²) in [5.41, 5.74) is 6.42. The molecule has 0 aliphatic heterocycles. The number of benzene rings is 1. The average molecular weight is 282 g/mol. The van der Waals surface area contributed by atoms with E-state index in [1.54, 1.807) is 12.1 Å². The van der Waals surface area contributed by atoms with E-state index >= 15 is 0 Å². The number of carbonyl (C=O) groups excluding carboxylic acids is 1. The lowest BCUT2D eigenvalue weighted by Crippen LogP contribution is -2.53. The Morgan fingerprint density at radius 3 is 2.30 bits per heavy atom. The summed E-state index contributed by atoms with van der Waals surface area (Å²) in [5.74, 6) is -1.89. The number of nitrogens with one attached hydrogen (secondary N) is 1. The molecule has 20 heavy (non-hydrogen) atoms. The van der Waals surface area contributed by atoms with Gasteiger partial charge in [-0.25, -0.2) is 4.79 Å². The molecule has 3 atom stereocenters. The molecule has 7 nitrogen and oxygen atoms in total. The molecule has 0 radical (unpaired) electrons. The van der Waals surface area contributed by atoms with Gasteiger partial charge in [-0.1, -0.05) is 12.1 Å². The van der Waals surface area contributed by atoms with Crippen molar-refractivity contribution in [1.29, 1.82) is 0 Å². The predicted octanol–water partition coefficient (Wildman–Crippen LogP) is -0.788. The number of aliphatic hydroxyl groups is 1. The number of amides is 1. The summed E-state index contributed by atoms with van der Waals surface area (Å²) in [7, 11) is 0. The molecule has 0 spiro atoms. The van der Waals surface area contributed by atoms with Gasteiger partial charge in [0.1, 0.15) is 5.75 Å². The summed E-state index contributed by atoms with van der Waals surface area (Å²) in [6, 6.07) is 3.83. The SMILES string of the molecule is CC(O)C(NC(=O)[C@@H](N)Cc1ccc(O)cc1)C(=O)O. The molecular formula is C13H18N2O5. The Labute approximate surface area is 116 Å². The van der Waals surface area contributed by atoms with E-state index in [0.717, 1.165) is 5.56 Å². The van der Waals surface area contributed by atoms with Crippen LogP contribution in [0.15, 0.2) is 24.3 Å². The second kappa shape index (κ2) is 6.88. The van der Waals surface area contributed by atoms with E-state index in [9.17, 15) is 14.7 Å². The van der Waals surface area contributed by atoms with Gasteiger partial charge in [-0.05, 0) is 31.0 Å². The molecule has 6 N–H and O–H groups in total. The zero-order chi connectivity index (χ0) is 15.3. The zero-order valence-electron chi connectivity index (χ0n) is 11.0. The molecule has 1 aromatic rings. The predicted molar refractivity (Wildman–Crippen MR) is 71.0 cm³/mol. The molecule has 0 aliphatic rings. The largest absolute Gasteiger partial charge is 0.508 e. The van der Waals surface area contributed by atoms with Crippen molar-refractivity contribution in [3.8, 4) is 5.75 Å². The third kappa shape index (κ3) is 4.52. The van der Waals surface area contributed by atoms with Gasteiger partial charge in [0.15, 0.2) is 6.04 Å². The molecule has 2 unspecified atom stereocenters. The van der Waals surface area contributed by atoms with Gasteiger partial charge in [-0.3, -0.25) is 4.79 Å². The lowest BCUT2D eigenvalue weighted by molar-refractivity contribution is -0.144. The van der Waals surface area contributed by atoms with Crippen LogP contribution >= 0.6 is 0 Å². The number of aromatic hydroxyl groups is 1. The number of carboxylic acids is 1. The van der Waals surface area contributed by atoms with Crippen molar-refractivity contribution >= 4 is 11.9 Å². The topological polar surface area (TPSA) is 133 Å². The second-order valence-electron chi connectivity index (χ2n) is 4.54. The van der Waals surface area contributed by atoms with Gasteiger partial charge in [0.25, 0.3) is 0 Å². The summed E-state index contributed by atoms with van der Waals surface area (Å²) >= 11 is 0. The monoisotopic (exact) mass is 282 g/mol. The Bertz CT molecular complexity index is 472. The number of phenolic OH excluding ortho intramolecular Hbond substituents is 1. The zero-order valence-corrected chi connectivity index (χ0v) is 11.0. The normalized spacial score (nSPS) is 15.2. The number of hydrogen-bond donors (Lipinski definition) is 5. The first kappa shape index (κ1) is 15.9. The molecule has 0 fully saturated rings. The lowest BCUT2D eigenvalue weighted by atomic mass is 10.0. The highest BCUT2D eigenvalue weighted by Crippen LogP contribution is 2.11. The molecule has 1 amide bonds. The Kier molecular flexibility index (Phi) is 5.48. The summed E-state index contributed by atoms with van der Waals surface area (Å²) in [6.07, 6.45) is -1.03. The maximum Gasteiger partial charge on any atom is 0.328 e. The first-order valence-electron chi connectivity index (χ1n) is 6.06. The maximum absolute atomic E-state index is 11.8. The minimum atomic E-state index is -1.40. The van der Waals surface area contributed by atoms with Crippen LogP contribution in [0.5, 0.6) is 5.75 Å². The van der Waals surface area contributed by atoms with Gasteiger partial charge in [-0.2, -0.15) is 0 Å². The van der Waals surface area contributed by atoms with E-state index in [4.69, 9.17) is 15.9 Å². The van der Waals surface area contributed by atoms with Crippen LogP contribution < -0.4 is 11.1 Å². The molecule has 0 aliphatic carbocycles. The average Bonchev–Trinajstić information content (AvgIpc) is 2.37. The van der Waals surface area contributed by atoms with Crippen molar-refractivity contribution in [3.05, 3.63) is 29.8 Å². The van der Waals surface area contributed by atoms with Crippen LogP contribution in [0, 0.1) is 0 Å². The van der Waals surface area contributed by atoms with Crippen molar-refractivity contribution < 1.29 is 24.9 Å². The summed E-state index contributed by atoms with van der Waals surface area (Å²) < 4.78 is 0. The highest BCUT2D eigenvalue weighted by Gasteiger charge is 2.27. The second-order valence-corrected chi connectivity index (χ2v) is 4.54. The van der Waals surface area contributed by atoms with E-state index in [1.165, 1.54) is 19.1 Å². The van der Waals surface area contributed by atoms with Gasteiger partial charge in [0, 0.05) is 0 Å². The third-order valence-electron chi connectivity index (χ3n) is 2.77. The van der Waals surface area contributed by atoms with Crippen LogP contribution in [-0.2, 0) is 16.0 Å². The van der Waals surface area contributed by atoms with E-state index < -0.39 is 30.1 Å². The van der Waals surface area contributed by atoms with Gasteiger partial charge in [-0.15, -0.1) is 0 Å². The molecule has 110 valence electrons.